The molecule has 2 aliphatic rings. The van der Waals surface area contributed by atoms with Crippen molar-refractivity contribution >= 4 is 11.8 Å². The van der Waals surface area contributed by atoms with Crippen molar-refractivity contribution in [3.63, 3.8) is 0 Å². The topological polar surface area (TPSA) is 74.6 Å². The number of nitrogens with zero attached hydrogens (tertiary/aromatic N) is 6. The van der Waals surface area contributed by atoms with Crippen LogP contribution in [0.25, 0.3) is 5.69 Å². The number of hydrogen-bond acceptors (Lipinski definition) is 5. The average Bonchev–Trinajstić information content (AvgIpc) is 3.39. The molecule has 1 aromatic carbocycles. The van der Waals surface area contributed by atoms with Gasteiger partial charge in [-0.2, -0.15) is 0 Å². The first-order valence-electron chi connectivity index (χ1n) is 10.0. The van der Waals surface area contributed by atoms with Crippen LogP contribution in [0.5, 0.6) is 0 Å². The van der Waals surface area contributed by atoms with Crippen molar-refractivity contribution in [3.8, 4) is 5.69 Å². The number of piperazine rings is 1. The van der Waals surface area contributed by atoms with E-state index in [-0.39, 0.29) is 17.6 Å². The molecule has 0 aliphatic carbocycles. The van der Waals surface area contributed by atoms with Gasteiger partial charge in [-0.25, -0.2) is 9.07 Å². The summed E-state index contributed by atoms with van der Waals surface area (Å²) in [5.41, 5.74) is 1.57. The maximum atomic E-state index is 13.1. The molecule has 4 rings (SSSR count). The summed E-state index contributed by atoms with van der Waals surface area (Å²) in [5, 5.41) is 8.13. The van der Waals surface area contributed by atoms with Gasteiger partial charge in [0, 0.05) is 39.3 Å². The summed E-state index contributed by atoms with van der Waals surface area (Å²) >= 11 is 0. The van der Waals surface area contributed by atoms with Crippen LogP contribution in [0.4, 0.5) is 4.39 Å². The van der Waals surface area contributed by atoms with Crippen molar-refractivity contribution in [2.24, 2.45) is 0 Å². The number of carbonyl (C=O) groups excluding carboxylic acids is 2. The van der Waals surface area contributed by atoms with E-state index in [1.165, 1.54) is 16.8 Å². The molecule has 0 atom stereocenters. The normalized spacial score (nSPS) is 17.7. The lowest BCUT2D eigenvalue weighted by atomic mass is 10.2. The molecule has 0 unspecified atom stereocenters. The zero-order chi connectivity index (χ0) is 20.4. The largest absolute Gasteiger partial charge is 0.342 e. The molecule has 0 saturated carbocycles. The first kappa shape index (κ1) is 19.5. The molecule has 2 fully saturated rings. The Balaban J connectivity index is 1.36. The maximum absolute atomic E-state index is 13.1. The standard InChI is InChI=1S/C20H25FN6O2/c1-15-19(22-23-27(15)17-6-4-16(21)5-7-17)20(29)26-12-10-24(11-13-26)14-18(28)25-8-2-3-9-25/h4-7H,2-3,8-14H2,1H3. The van der Waals surface area contributed by atoms with Crippen molar-refractivity contribution in [1.29, 1.82) is 0 Å². The minimum absolute atomic E-state index is 0.165. The second-order valence-corrected chi connectivity index (χ2v) is 7.57. The quantitative estimate of drug-likeness (QED) is 0.768. The zero-order valence-electron chi connectivity index (χ0n) is 16.6. The first-order valence-corrected chi connectivity index (χ1v) is 10.0. The Morgan fingerprint density at radius 1 is 0.966 bits per heavy atom. The van der Waals surface area contributed by atoms with Gasteiger partial charge in [0.1, 0.15) is 5.82 Å². The van der Waals surface area contributed by atoms with Gasteiger partial charge in [0.15, 0.2) is 5.69 Å². The van der Waals surface area contributed by atoms with Gasteiger partial charge in [0.25, 0.3) is 5.91 Å². The van der Waals surface area contributed by atoms with Crippen molar-refractivity contribution in [2.45, 2.75) is 19.8 Å². The third-order valence-electron chi connectivity index (χ3n) is 5.65. The highest BCUT2D eigenvalue weighted by molar-refractivity contribution is 5.93. The molecule has 2 aliphatic heterocycles. The Hall–Kier alpha value is -2.81. The monoisotopic (exact) mass is 400 g/mol. The molecular weight excluding hydrogens is 375 g/mol. The van der Waals surface area contributed by atoms with E-state index in [1.807, 2.05) is 4.90 Å². The molecule has 29 heavy (non-hydrogen) atoms. The fourth-order valence-corrected chi connectivity index (χ4v) is 3.87. The number of benzene rings is 1. The van der Waals surface area contributed by atoms with Gasteiger partial charge >= 0.3 is 0 Å². The van der Waals surface area contributed by atoms with Crippen LogP contribution in [0, 0.1) is 12.7 Å². The van der Waals surface area contributed by atoms with Crippen molar-refractivity contribution in [1.82, 2.24) is 29.7 Å². The highest BCUT2D eigenvalue weighted by Crippen LogP contribution is 2.16. The molecule has 2 aromatic rings. The summed E-state index contributed by atoms with van der Waals surface area (Å²) in [7, 11) is 0. The summed E-state index contributed by atoms with van der Waals surface area (Å²) in [6.45, 7) is 6.35. The zero-order valence-corrected chi connectivity index (χ0v) is 16.6. The molecule has 0 spiro atoms. The van der Waals surface area contributed by atoms with Crippen LogP contribution in [-0.4, -0.2) is 87.3 Å². The predicted molar refractivity (Wildman–Crippen MR) is 104 cm³/mol. The van der Waals surface area contributed by atoms with Crippen molar-refractivity contribution in [3.05, 3.63) is 41.5 Å². The molecule has 1 aromatic heterocycles. The number of carbonyl (C=O) groups is 2. The van der Waals surface area contributed by atoms with E-state index < -0.39 is 0 Å². The van der Waals surface area contributed by atoms with E-state index in [9.17, 15) is 14.0 Å². The Bertz CT molecular complexity index is 883. The van der Waals surface area contributed by atoms with E-state index in [0.717, 1.165) is 25.9 Å². The van der Waals surface area contributed by atoms with Gasteiger partial charge in [-0.05, 0) is 44.0 Å². The third-order valence-corrected chi connectivity index (χ3v) is 5.65. The molecule has 0 N–H and O–H groups in total. The Morgan fingerprint density at radius 2 is 1.62 bits per heavy atom. The summed E-state index contributed by atoms with van der Waals surface area (Å²) < 4.78 is 14.7. The maximum Gasteiger partial charge on any atom is 0.276 e. The van der Waals surface area contributed by atoms with Crippen LogP contribution in [0.3, 0.4) is 0 Å². The van der Waals surface area contributed by atoms with Crippen LogP contribution in [0.15, 0.2) is 24.3 Å². The molecule has 8 nitrogen and oxygen atoms in total. The summed E-state index contributed by atoms with van der Waals surface area (Å²) in [6, 6.07) is 5.89. The summed E-state index contributed by atoms with van der Waals surface area (Å²) in [6.07, 6.45) is 2.18. The highest BCUT2D eigenvalue weighted by Gasteiger charge is 2.28. The minimum Gasteiger partial charge on any atom is -0.342 e. The van der Waals surface area contributed by atoms with E-state index in [1.54, 1.807) is 24.0 Å². The molecule has 0 radical (unpaired) electrons. The molecule has 2 amide bonds. The fraction of sp³-hybridized carbons (Fsp3) is 0.500. The van der Waals surface area contributed by atoms with Crippen LogP contribution in [0.2, 0.25) is 0 Å². The van der Waals surface area contributed by atoms with Crippen LogP contribution in [0.1, 0.15) is 29.0 Å². The van der Waals surface area contributed by atoms with E-state index in [0.29, 0.717) is 49.8 Å². The van der Waals surface area contributed by atoms with Gasteiger partial charge in [0.05, 0.1) is 17.9 Å². The predicted octanol–water partition coefficient (Wildman–Crippen LogP) is 1.10. The molecule has 2 saturated heterocycles. The van der Waals surface area contributed by atoms with Crippen molar-refractivity contribution < 1.29 is 14.0 Å². The second-order valence-electron chi connectivity index (χ2n) is 7.57. The Labute approximate surface area is 168 Å². The smallest absolute Gasteiger partial charge is 0.276 e. The van der Waals surface area contributed by atoms with E-state index >= 15 is 0 Å². The van der Waals surface area contributed by atoms with Crippen LogP contribution >= 0.6 is 0 Å². The van der Waals surface area contributed by atoms with E-state index in [4.69, 9.17) is 0 Å². The first-order chi connectivity index (χ1) is 14.0. The second kappa shape index (κ2) is 8.28. The highest BCUT2D eigenvalue weighted by atomic mass is 19.1. The minimum atomic E-state index is -0.330. The molecule has 154 valence electrons. The van der Waals surface area contributed by atoms with Gasteiger partial charge in [-0.15, -0.1) is 5.10 Å². The Morgan fingerprint density at radius 3 is 2.28 bits per heavy atom. The number of halogens is 1. The SMILES string of the molecule is Cc1c(C(=O)N2CCN(CC(=O)N3CCCC3)CC2)nnn1-c1ccc(F)cc1. The van der Waals surface area contributed by atoms with Crippen LogP contribution < -0.4 is 0 Å². The lowest BCUT2D eigenvalue weighted by molar-refractivity contribution is -0.131. The molecule has 3 heterocycles. The van der Waals surface area contributed by atoms with Gasteiger partial charge in [-0.1, -0.05) is 5.21 Å². The summed E-state index contributed by atoms with van der Waals surface area (Å²) in [4.78, 5) is 31.0. The van der Waals surface area contributed by atoms with Gasteiger partial charge in [-0.3, -0.25) is 14.5 Å². The Kier molecular flexibility index (Phi) is 5.57. The molecule has 0 bridgehead atoms. The number of hydrogen-bond donors (Lipinski definition) is 0. The number of likely N-dealkylation sites (tertiary alicyclic amines) is 1. The number of aromatic nitrogens is 3. The van der Waals surface area contributed by atoms with Crippen molar-refractivity contribution in [2.75, 3.05) is 45.8 Å². The fourth-order valence-electron chi connectivity index (χ4n) is 3.87. The number of amides is 2. The van der Waals surface area contributed by atoms with Gasteiger partial charge < -0.3 is 9.80 Å². The van der Waals surface area contributed by atoms with Gasteiger partial charge in [0.2, 0.25) is 5.91 Å². The lowest BCUT2D eigenvalue weighted by Gasteiger charge is -2.34. The third kappa shape index (κ3) is 4.14. The number of rotatable bonds is 4. The van der Waals surface area contributed by atoms with E-state index in [2.05, 4.69) is 15.2 Å². The lowest BCUT2D eigenvalue weighted by Crippen LogP contribution is -2.51. The molecule has 9 heteroatoms. The summed E-state index contributed by atoms with van der Waals surface area (Å²) in [5.74, 6) is -0.314. The molecular formula is C20H25FN6O2. The average molecular weight is 400 g/mol. The van der Waals surface area contributed by atoms with Crippen LogP contribution in [-0.2, 0) is 4.79 Å².